The van der Waals surface area contributed by atoms with Crippen LogP contribution in [0.15, 0.2) is 24.3 Å². The molecule has 98 valence electrons. The predicted octanol–water partition coefficient (Wildman–Crippen LogP) is 2.35. The maximum atomic E-state index is 13.6. The van der Waals surface area contributed by atoms with Crippen LogP contribution in [0, 0.1) is 5.82 Å². The zero-order valence-corrected chi connectivity index (χ0v) is 11.3. The van der Waals surface area contributed by atoms with E-state index in [1.807, 2.05) is 13.8 Å². The van der Waals surface area contributed by atoms with Gasteiger partial charge in [-0.05, 0) is 26.0 Å². The summed E-state index contributed by atoms with van der Waals surface area (Å²) in [6, 6.07) is 5.92. The molecule has 1 rings (SSSR count). The number of thiocarbonyl (C=S) groups is 1. The van der Waals surface area contributed by atoms with E-state index in [-0.39, 0.29) is 17.5 Å². The van der Waals surface area contributed by atoms with Crippen molar-refractivity contribution in [3.05, 3.63) is 35.6 Å². The number of nitrogens with two attached hydrogens (primary N) is 1. The summed E-state index contributed by atoms with van der Waals surface area (Å²) in [6.07, 6.45) is 0.438. The normalized spacial score (nSPS) is 10.4. The Morgan fingerprint density at radius 3 is 2.56 bits per heavy atom. The van der Waals surface area contributed by atoms with Crippen LogP contribution in [-0.4, -0.2) is 28.4 Å². The Morgan fingerprint density at radius 2 is 2.06 bits per heavy atom. The second kappa shape index (κ2) is 6.44. The highest BCUT2D eigenvalue weighted by Crippen LogP contribution is 2.12. The van der Waals surface area contributed by atoms with Crippen molar-refractivity contribution < 1.29 is 9.18 Å². The summed E-state index contributed by atoms with van der Waals surface area (Å²) < 4.78 is 13.6. The van der Waals surface area contributed by atoms with Gasteiger partial charge in [0.1, 0.15) is 5.82 Å². The number of carbonyl (C=O) groups excluding carboxylic acids is 1. The maximum absolute atomic E-state index is 13.6. The topological polar surface area (TPSA) is 46.3 Å². The number of hydrogen-bond donors (Lipinski definition) is 1. The van der Waals surface area contributed by atoms with Gasteiger partial charge in [0.25, 0.3) is 5.91 Å². The van der Waals surface area contributed by atoms with Crippen molar-refractivity contribution in [2.75, 3.05) is 6.54 Å². The van der Waals surface area contributed by atoms with Crippen molar-refractivity contribution in [2.45, 2.75) is 26.3 Å². The molecule has 3 nitrogen and oxygen atoms in total. The fourth-order valence-electron chi connectivity index (χ4n) is 1.61. The zero-order valence-electron chi connectivity index (χ0n) is 10.5. The van der Waals surface area contributed by atoms with Crippen molar-refractivity contribution in [3.8, 4) is 0 Å². The van der Waals surface area contributed by atoms with Gasteiger partial charge in [0.2, 0.25) is 0 Å². The number of amides is 1. The quantitative estimate of drug-likeness (QED) is 0.834. The van der Waals surface area contributed by atoms with Gasteiger partial charge >= 0.3 is 0 Å². The molecule has 0 aliphatic rings. The summed E-state index contributed by atoms with van der Waals surface area (Å²) in [5.41, 5.74) is 5.51. The van der Waals surface area contributed by atoms with Crippen molar-refractivity contribution in [3.63, 3.8) is 0 Å². The Kier molecular flexibility index (Phi) is 5.22. The van der Waals surface area contributed by atoms with Gasteiger partial charge in [-0.1, -0.05) is 24.4 Å². The number of nitrogens with zero attached hydrogens (tertiary/aromatic N) is 1. The summed E-state index contributed by atoms with van der Waals surface area (Å²) in [7, 11) is 0. The first kappa shape index (κ1) is 14.6. The summed E-state index contributed by atoms with van der Waals surface area (Å²) >= 11 is 4.80. The number of carbonyl (C=O) groups is 1. The molecule has 2 N–H and O–H groups in total. The SMILES string of the molecule is CC(C)N(CCC(N)=S)C(=O)c1ccccc1F. The van der Waals surface area contributed by atoms with Gasteiger partial charge in [-0.3, -0.25) is 4.79 Å². The van der Waals surface area contributed by atoms with Gasteiger partial charge in [0, 0.05) is 19.0 Å². The van der Waals surface area contributed by atoms with Crippen LogP contribution in [0.5, 0.6) is 0 Å². The average Bonchev–Trinajstić information content (AvgIpc) is 2.28. The molecule has 0 aromatic heterocycles. The Hall–Kier alpha value is -1.49. The first-order valence-corrected chi connectivity index (χ1v) is 6.18. The molecule has 1 aromatic rings. The van der Waals surface area contributed by atoms with Gasteiger partial charge in [0.15, 0.2) is 0 Å². The van der Waals surface area contributed by atoms with Crippen LogP contribution in [0.3, 0.4) is 0 Å². The second-order valence-electron chi connectivity index (χ2n) is 4.29. The number of rotatable bonds is 5. The molecule has 18 heavy (non-hydrogen) atoms. The van der Waals surface area contributed by atoms with Crippen LogP contribution in [0.1, 0.15) is 30.6 Å². The molecule has 0 spiro atoms. The minimum Gasteiger partial charge on any atom is -0.393 e. The lowest BCUT2D eigenvalue weighted by molar-refractivity contribution is 0.0707. The van der Waals surface area contributed by atoms with E-state index in [9.17, 15) is 9.18 Å². The van der Waals surface area contributed by atoms with E-state index in [0.29, 0.717) is 18.0 Å². The molecule has 0 unspecified atom stereocenters. The molecule has 0 atom stereocenters. The molecule has 0 heterocycles. The van der Waals surface area contributed by atoms with Gasteiger partial charge in [-0.25, -0.2) is 4.39 Å². The van der Waals surface area contributed by atoms with E-state index in [0.717, 1.165) is 0 Å². The molecule has 0 saturated carbocycles. The minimum atomic E-state index is -0.511. The Morgan fingerprint density at radius 1 is 1.44 bits per heavy atom. The van der Waals surface area contributed by atoms with Crippen molar-refractivity contribution in [1.82, 2.24) is 4.90 Å². The average molecular weight is 268 g/mol. The zero-order chi connectivity index (χ0) is 13.7. The van der Waals surface area contributed by atoms with E-state index in [1.165, 1.54) is 12.1 Å². The summed E-state index contributed by atoms with van der Waals surface area (Å²) in [6.45, 7) is 4.15. The summed E-state index contributed by atoms with van der Waals surface area (Å²) in [5.74, 6) is -0.845. The van der Waals surface area contributed by atoms with E-state index >= 15 is 0 Å². The third-order valence-corrected chi connectivity index (χ3v) is 2.79. The van der Waals surface area contributed by atoms with Crippen molar-refractivity contribution in [2.24, 2.45) is 5.73 Å². The van der Waals surface area contributed by atoms with Crippen LogP contribution in [0.2, 0.25) is 0 Å². The van der Waals surface area contributed by atoms with Crippen LogP contribution < -0.4 is 5.73 Å². The highest BCUT2D eigenvalue weighted by molar-refractivity contribution is 7.80. The minimum absolute atomic E-state index is 0.0357. The molecule has 0 saturated heterocycles. The molecule has 1 amide bonds. The molecular formula is C13H17FN2OS. The highest BCUT2D eigenvalue weighted by atomic mass is 32.1. The highest BCUT2D eigenvalue weighted by Gasteiger charge is 2.21. The predicted molar refractivity (Wildman–Crippen MR) is 74.0 cm³/mol. The molecule has 0 fully saturated rings. The standard InChI is InChI=1S/C13H17FN2OS/c1-9(2)16(8-7-12(15)18)13(17)10-5-3-4-6-11(10)14/h3-6,9H,7-8H2,1-2H3,(H2,15,18). The molecule has 0 aliphatic carbocycles. The molecule has 0 bridgehead atoms. The third-order valence-electron chi connectivity index (χ3n) is 2.59. The molecule has 5 heteroatoms. The second-order valence-corrected chi connectivity index (χ2v) is 4.81. The lowest BCUT2D eigenvalue weighted by Gasteiger charge is -2.26. The Balaban J connectivity index is 2.90. The monoisotopic (exact) mass is 268 g/mol. The lowest BCUT2D eigenvalue weighted by Crippen LogP contribution is -2.39. The largest absolute Gasteiger partial charge is 0.393 e. The number of halogens is 1. The van der Waals surface area contributed by atoms with Crippen molar-refractivity contribution >= 4 is 23.1 Å². The number of benzene rings is 1. The summed E-state index contributed by atoms with van der Waals surface area (Å²) in [5, 5.41) is 0. The van der Waals surface area contributed by atoms with Crippen LogP contribution >= 0.6 is 12.2 Å². The fourth-order valence-corrected chi connectivity index (χ4v) is 1.71. The molecule has 1 aromatic carbocycles. The maximum Gasteiger partial charge on any atom is 0.257 e. The fraction of sp³-hybridized carbons (Fsp3) is 0.385. The van der Waals surface area contributed by atoms with Crippen LogP contribution in [0.4, 0.5) is 4.39 Å². The third kappa shape index (κ3) is 3.77. The van der Waals surface area contributed by atoms with Gasteiger partial charge in [-0.2, -0.15) is 0 Å². The molecule has 0 aliphatic heterocycles. The Bertz CT molecular complexity index is 448. The van der Waals surface area contributed by atoms with E-state index in [1.54, 1.807) is 17.0 Å². The number of hydrogen-bond acceptors (Lipinski definition) is 2. The lowest BCUT2D eigenvalue weighted by atomic mass is 10.1. The van der Waals surface area contributed by atoms with Gasteiger partial charge in [0.05, 0.1) is 10.6 Å². The first-order chi connectivity index (χ1) is 8.43. The van der Waals surface area contributed by atoms with Gasteiger partial charge < -0.3 is 10.6 Å². The van der Waals surface area contributed by atoms with Crippen LogP contribution in [-0.2, 0) is 0 Å². The van der Waals surface area contributed by atoms with Crippen molar-refractivity contribution in [1.29, 1.82) is 0 Å². The first-order valence-electron chi connectivity index (χ1n) is 5.77. The Labute approximate surface area is 112 Å². The van der Waals surface area contributed by atoms with E-state index < -0.39 is 5.82 Å². The van der Waals surface area contributed by atoms with E-state index in [4.69, 9.17) is 18.0 Å². The molecule has 0 radical (unpaired) electrons. The smallest absolute Gasteiger partial charge is 0.257 e. The van der Waals surface area contributed by atoms with E-state index in [2.05, 4.69) is 0 Å². The van der Waals surface area contributed by atoms with Gasteiger partial charge in [-0.15, -0.1) is 0 Å². The summed E-state index contributed by atoms with van der Waals surface area (Å²) in [4.78, 5) is 14.1. The molecular weight excluding hydrogens is 251 g/mol. The van der Waals surface area contributed by atoms with Crippen LogP contribution in [0.25, 0.3) is 0 Å².